The van der Waals surface area contributed by atoms with Gasteiger partial charge < -0.3 is 29.0 Å². The highest BCUT2D eigenvalue weighted by molar-refractivity contribution is 6.46. The van der Waals surface area contributed by atoms with E-state index in [-0.39, 0.29) is 24.5 Å². The molecule has 8 nitrogen and oxygen atoms in total. The zero-order valence-electron chi connectivity index (χ0n) is 18.7. The topological polar surface area (TPSA) is 94.5 Å². The number of carbonyl (C=O) groups is 2. The highest BCUT2D eigenvalue weighted by Gasteiger charge is 2.46. The lowest BCUT2D eigenvalue weighted by atomic mass is 9.95. The molecule has 33 heavy (non-hydrogen) atoms. The van der Waals surface area contributed by atoms with Gasteiger partial charge in [-0.15, -0.1) is 0 Å². The number of amides is 1. The monoisotopic (exact) mass is 453 g/mol. The minimum absolute atomic E-state index is 0.0143. The van der Waals surface area contributed by atoms with Gasteiger partial charge in [0, 0.05) is 19.2 Å². The minimum Gasteiger partial charge on any atom is -0.507 e. The molecule has 1 fully saturated rings. The number of aliphatic hydroxyl groups is 1. The molecule has 0 bridgehead atoms. The summed E-state index contributed by atoms with van der Waals surface area (Å²) in [5.74, 6) is -0.0263. The third-order valence-electron chi connectivity index (χ3n) is 5.54. The average molecular weight is 453 g/mol. The molecule has 0 aromatic heterocycles. The summed E-state index contributed by atoms with van der Waals surface area (Å²) in [6.07, 6.45) is 0.848. The van der Waals surface area contributed by atoms with Crippen LogP contribution in [0.1, 0.15) is 30.5 Å². The van der Waals surface area contributed by atoms with E-state index in [0.717, 1.165) is 6.42 Å². The molecule has 2 aromatic carbocycles. The lowest BCUT2D eigenvalue weighted by molar-refractivity contribution is -0.140. The van der Waals surface area contributed by atoms with E-state index in [0.29, 0.717) is 48.2 Å². The average Bonchev–Trinajstić information content (AvgIpc) is 3.10. The molecule has 0 aliphatic carbocycles. The second-order valence-corrected chi connectivity index (χ2v) is 7.76. The van der Waals surface area contributed by atoms with Crippen molar-refractivity contribution in [3.8, 4) is 17.2 Å². The molecular weight excluding hydrogens is 426 g/mol. The van der Waals surface area contributed by atoms with Crippen molar-refractivity contribution in [3.05, 3.63) is 59.2 Å². The number of hydrogen-bond donors (Lipinski definition) is 1. The fourth-order valence-electron chi connectivity index (χ4n) is 3.99. The summed E-state index contributed by atoms with van der Waals surface area (Å²) < 4.78 is 22.0. The molecule has 174 valence electrons. The first-order chi connectivity index (χ1) is 16.0. The lowest BCUT2D eigenvalue weighted by Gasteiger charge is -2.25. The van der Waals surface area contributed by atoms with Gasteiger partial charge in [-0.2, -0.15) is 0 Å². The van der Waals surface area contributed by atoms with Gasteiger partial charge >= 0.3 is 0 Å². The molecule has 2 aliphatic rings. The Kier molecular flexibility index (Phi) is 6.84. The van der Waals surface area contributed by atoms with Gasteiger partial charge in [-0.05, 0) is 42.3 Å². The number of methoxy groups -OCH3 is 1. The third-order valence-corrected chi connectivity index (χ3v) is 5.54. The van der Waals surface area contributed by atoms with E-state index in [1.165, 1.54) is 12.0 Å². The third kappa shape index (κ3) is 4.52. The first-order valence-corrected chi connectivity index (χ1v) is 10.9. The van der Waals surface area contributed by atoms with Crippen molar-refractivity contribution >= 4 is 17.4 Å². The van der Waals surface area contributed by atoms with Gasteiger partial charge in [0.15, 0.2) is 11.5 Å². The molecule has 2 aromatic rings. The number of likely N-dealkylation sites (tertiary alicyclic amines) is 1. The maximum absolute atomic E-state index is 13.1. The van der Waals surface area contributed by atoms with Crippen molar-refractivity contribution in [2.24, 2.45) is 0 Å². The Balaban J connectivity index is 1.80. The Bertz CT molecular complexity index is 1080. The lowest BCUT2D eigenvalue weighted by Crippen LogP contribution is -2.32. The fourth-order valence-corrected chi connectivity index (χ4v) is 3.99. The van der Waals surface area contributed by atoms with Crippen LogP contribution < -0.4 is 14.2 Å². The van der Waals surface area contributed by atoms with E-state index in [9.17, 15) is 14.7 Å². The fraction of sp³-hybridized carbons (Fsp3) is 0.360. The Labute approximate surface area is 192 Å². The smallest absolute Gasteiger partial charge is 0.295 e. The molecule has 1 unspecified atom stereocenters. The van der Waals surface area contributed by atoms with Crippen LogP contribution in [-0.4, -0.2) is 61.8 Å². The van der Waals surface area contributed by atoms with E-state index in [4.69, 9.17) is 18.9 Å². The van der Waals surface area contributed by atoms with Crippen LogP contribution in [-0.2, 0) is 14.3 Å². The quantitative estimate of drug-likeness (QED) is 0.372. The number of aliphatic hydroxyl groups excluding tert-OH is 1. The Hall–Kier alpha value is -3.52. The number of ether oxygens (including phenoxy) is 4. The summed E-state index contributed by atoms with van der Waals surface area (Å²) in [5.41, 5.74) is 1.05. The number of Topliss-reactive ketones (excluding diaryl/α,β-unsaturated/α-hetero) is 1. The molecule has 2 aliphatic heterocycles. The predicted octanol–water partition coefficient (Wildman–Crippen LogP) is 3.31. The van der Waals surface area contributed by atoms with Crippen molar-refractivity contribution in [2.45, 2.75) is 19.4 Å². The van der Waals surface area contributed by atoms with E-state index >= 15 is 0 Å². The molecule has 2 heterocycles. The van der Waals surface area contributed by atoms with E-state index in [2.05, 4.69) is 0 Å². The van der Waals surface area contributed by atoms with Crippen molar-refractivity contribution in [1.82, 2.24) is 4.90 Å². The van der Waals surface area contributed by atoms with Crippen LogP contribution in [0.2, 0.25) is 0 Å². The van der Waals surface area contributed by atoms with Gasteiger partial charge in [0.2, 0.25) is 0 Å². The molecule has 8 heteroatoms. The molecule has 1 amide bonds. The Morgan fingerprint density at radius 1 is 1.09 bits per heavy atom. The van der Waals surface area contributed by atoms with Crippen molar-refractivity contribution < 1.29 is 33.6 Å². The molecule has 4 rings (SSSR count). The zero-order valence-corrected chi connectivity index (χ0v) is 18.7. The minimum atomic E-state index is -0.779. The number of ketones is 1. The van der Waals surface area contributed by atoms with Crippen LogP contribution in [0.5, 0.6) is 17.2 Å². The molecule has 1 N–H and O–H groups in total. The zero-order chi connectivity index (χ0) is 23.4. The predicted molar refractivity (Wildman–Crippen MR) is 121 cm³/mol. The van der Waals surface area contributed by atoms with Crippen molar-refractivity contribution in [3.63, 3.8) is 0 Å². The van der Waals surface area contributed by atoms with Crippen LogP contribution in [0.25, 0.3) is 5.76 Å². The first kappa shape index (κ1) is 22.7. The number of fused-ring (bicyclic) bond motifs is 1. The van der Waals surface area contributed by atoms with E-state index in [1.807, 2.05) is 19.1 Å². The van der Waals surface area contributed by atoms with Gasteiger partial charge in [0.25, 0.3) is 11.7 Å². The number of rotatable bonds is 8. The molecule has 1 saturated heterocycles. The van der Waals surface area contributed by atoms with Gasteiger partial charge in [-0.1, -0.05) is 19.1 Å². The standard InChI is InChI=1S/C25H27NO7/c1-3-10-31-18-6-4-5-16(14-18)22-21(24(28)25(29)26(22)9-11-30-2)23(27)17-7-8-19-20(15-17)33-13-12-32-19/h4-8,14-15,22,27H,3,9-13H2,1-2H3/b23-21+. The molecule has 0 spiro atoms. The van der Waals surface area contributed by atoms with Crippen LogP contribution >= 0.6 is 0 Å². The summed E-state index contributed by atoms with van der Waals surface area (Å²) in [6, 6.07) is 11.4. The first-order valence-electron chi connectivity index (χ1n) is 10.9. The molecule has 1 atom stereocenters. The van der Waals surface area contributed by atoms with Crippen LogP contribution in [0.15, 0.2) is 48.0 Å². The molecule has 0 radical (unpaired) electrons. The van der Waals surface area contributed by atoms with Crippen LogP contribution in [0.4, 0.5) is 0 Å². The summed E-state index contributed by atoms with van der Waals surface area (Å²) in [6.45, 7) is 3.84. The molecular formula is C25H27NO7. The van der Waals surface area contributed by atoms with E-state index < -0.39 is 17.7 Å². The van der Waals surface area contributed by atoms with E-state index in [1.54, 1.807) is 30.3 Å². The van der Waals surface area contributed by atoms with Crippen LogP contribution in [0.3, 0.4) is 0 Å². The number of carbonyl (C=O) groups excluding carboxylic acids is 2. The van der Waals surface area contributed by atoms with Gasteiger partial charge in [-0.25, -0.2) is 0 Å². The van der Waals surface area contributed by atoms with Gasteiger partial charge in [0.05, 0.1) is 24.8 Å². The highest BCUT2D eigenvalue weighted by atomic mass is 16.6. The van der Waals surface area contributed by atoms with Gasteiger partial charge in [0.1, 0.15) is 24.7 Å². The molecule has 0 saturated carbocycles. The largest absolute Gasteiger partial charge is 0.507 e. The summed E-state index contributed by atoms with van der Waals surface area (Å²) in [7, 11) is 1.53. The maximum Gasteiger partial charge on any atom is 0.295 e. The maximum atomic E-state index is 13.1. The number of hydrogen-bond acceptors (Lipinski definition) is 7. The number of nitrogens with zero attached hydrogens (tertiary/aromatic N) is 1. The Morgan fingerprint density at radius 3 is 2.64 bits per heavy atom. The highest BCUT2D eigenvalue weighted by Crippen LogP contribution is 2.41. The second kappa shape index (κ2) is 9.95. The summed E-state index contributed by atoms with van der Waals surface area (Å²) >= 11 is 0. The Morgan fingerprint density at radius 2 is 1.88 bits per heavy atom. The summed E-state index contributed by atoms with van der Waals surface area (Å²) in [5, 5.41) is 11.2. The SMILES string of the molecule is CCCOc1cccc(C2/C(=C(\O)c3ccc4c(c3)OCCO4)C(=O)C(=O)N2CCOC)c1. The van der Waals surface area contributed by atoms with Crippen molar-refractivity contribution in [1.29, 1.82) is 0 Å². The van der Waals surface area contributed by atoms with Crippen molar-refractivity contribution in [2.75, 3.05) is 40.1 Å². The number of benzene rings is 2. The van der Waals surface area contributed by atoms with Crippen LogP contribution in [0, 0.1) is 0 Å². The van der Waals surface area contributed by atoms with Gasteiger partial charge in [-0.3, -0.25) is 9.59 Å². The summed E-state index contributed by atoms with van der Waals surface area (Å²) in [4.78, 5) is 27.4. The second-order valence-electron chi connectivity index (χ2n) is 7.76. The normalized spacial score (nSPS) is 19.1.